The quantitative estimate of drug-likeness (QED) is 0.848. The van der Waals surface area contributed by atoms with Crippen molar-refractivity contribution in [1.29, 1.82) is 0 Å². The molecule has 4 heteroatoms. The molecule has 0 amide bonds. The van der Waals surface area contributed by atoms with Gasteiger partial charge in [0, 0.05) is 16.8 Å². The first-order valence-electron chi connectivity index (χ1n) is 6.20. The molecule has 0 unspecified atom stereocenters. The monoisotopic (exact) mass is 271 g/mol. The van der Waals surface area contributed by atoms with Gasteiger partial charge in [0.25, 0.3) is 0 Å². The Bertz CT molecular complexity index is 618. The molecule has 0 aliphatic carbocycles. The number of Topliss-reactive ketones (excluding diaryl/α,β-unsaturated/α-hetero) is 2. The van der Waals surface area contributed by atoms with Crippen LogP contribution in [-0.2, 0) is 0 Å². The Hall–Kier alpha value is -2.49. The Labute approximate surface area is 116 Å². The van der Waals surface area contributed by atoms with Gasteiger partial charge in [-0.05, 0) is 55.5 Å². The van der Waals surface area contributed by atoms with E-state index >= 15 is 0 Å². The van der Waals surface area contributed by atoms with E-state index in [1.807, 2.05) is 0 Å². The van der Waals surface area contributed by atoms with E-state index in [1.165, 1.54) is 31.2 Å². The van der Waals surface area contributed by atoms with Gasteiger partial charge in [-0.1, -0.05) is 0 Å². The van der Waals surface area contributed by atoms with E-state index in [0.717, 1.165) is 5.69 Å². The SMILES string of the molecule is CC(=O)c1ccc(NCC(=O)c2ccc(F)cc2)cc1. The van der Waals surface area contributed by atoms with E-state index in [-0.39, 0.29) is 23.9 Å². The molecule has 0 aliphatic rings. The van der Waals surface area contributed by atoms with Crippen LogP contribution in [-0.4, -0.2) is 18.1 Å². The summed E-state index contributed by atoms with van der Waals surface area (Å²) in [6.07, 6.45) is 0. The first-order chi connectivity index (χ1) is 9.56. The van der Waals surface area contributed by atoms with Crippen LogP contribution in [0.5, 0.6) is 0 Å². The van der Waals surface area contributed by atoms with Gasteiger partial charge in [-0.15, -0.1) is 0 Å². The standard InChI is InChI=1S/C16H14FNO2/c1-11(19)12-4-8-15(9-5-12)18-10-16(20)13-2-6-14(17)7-3-13/h2-9,18H,10H2,1H3. The maximum Gasteiger partial charge on any atom is 0.181 e. The molecule has 2 aromatic rings. The van der Waals surface area contributed by atoms with Crippen molar-refractivity contribution in [2.45, 2.75) is 6.92 Å². The predicted molar refractivity (Wildman–Crippen MR) is 75.7 cm³/mol. The summed E-state index contributed by atoms with van der Waals surface area (Å²) in [5, 5.41) is 2.97. The molecule has 0 saturated heterocycles. The van der Waals surface area contributed by atoms with Crippen LogP contribution in [0, 0.1) is 5.82 Å². The van der Waals surface area contributed by atoms with E-state index in [9.17, 15) is 14.0 Å². The zero-order chi connectivity index (χ0) is 14.5. The van der Waals surface area contributed by atoms with E-state index in [4.69, 9.17) is 0 Å². The Morgan fingerprint density at radius 2 is 1.50 bits per heavy atom. The number of hydrogen-bond donors (Lipinski definition) is 1. The third-order valence-electron chi connectivity index (χ3n) is 2.91. The van der Waals surface area contributed by atoms with E-state index in [0.29, 0.717) is 11.1 Å². The highest BCUT2D eigenvalue weighted by molar-refractivity contribution is 5.99. The first-order valence-corrected chi connectivity index (χ1v) is 6.20. The fourth-order valence-electron chi connectivity index (χ4n) is 1.74. The minimum atomic E-state index is -0.366. The van der Waals surface area contributed by atoms with E-state index < -0.39 is 0 Å². The summed E-state index contributed by atoms with van der Waals surface area (Å²) < 4.78 is 12.7. The molecule has 2 rings (SSSR count). The van der Waals surface area contributed by atoms with Crippen molar-refractivity contribution in [3.8, 4) is 0 Å². The molecule has 1 N–H and O–H groups in total. The summed E-state index contributed by atoms with van der Waals surface area (Å²) in [6.45, 7) is 1.62. The molecule has 0 atom stereocenters. The number of benzene rings is 2. The number of anilines is 1. The van der Waals surface area contributed by atoms with Gasteiger partial charge >= 0.3 is 0 Å². The summed E-state index contributed by atoms with van der Waals surface area (Å²) in [4.78, 5) is 23.0. The summed E-state index contributed by atoms with van der Waals surface area (Å²) in [7, 11) is 0. The van der Waals surface area contributed by atoms with Crippen LogP contribution in [0.3, 0.4) is 0 Å². The topological polar surface area (TPSA) is 46.2 Å². The maximum absolute atomic E-state index is 12.7. The molecule has 20 heavy (non-hydrogen) atoms. The molecule has 0 spiro atoms. The Kier molecular flexibility index (Phi) is 4.25. The highest BCUT2D eigenvalue weighted by atomic mass is 19.1. The molecule has 0 aliphatic heterocycles. The zero-order valence-corrected chi connectivity index (χ0v) is 11.0. The molecule has 0 fully saturated rings. The van der Waals surface area contributed by atoms with Gasteiger partial charge in [-0.25, -0.2) is 4.39 Å². The summed E-state index contributed by atoms with van der Waals surface area (Å²) in [6, 6.07) is 12.3. The van der Waals surface area contributed by atoms with Crippen molar-refractivity contribution in [3.05, 3.63) is 65.5 Å². The summed E-state index contributed by atoms with van der Waals surface area (Å²) in [5.41, 5.74) is 1.84. The van der Waals surface area contributed by atoms with Crippen LogP contribution in [0.25, 0.3) is 0 Å². The lowest BCUT2D eigenvalue weighted by molar-refractivity contribution is 0.100. The number of nitrogens with one attached hydrogen (secondary N) is 1. The number of halogens is 1. The van der Waals surface area contributed by atoms with Crippen molar-refractivity contribution in [1.82, 2.24) is 0 Å². The molecule has 0 bridgehead atoms. The van der Waals surface area contributed by atoms with Crippen LogP contribution >= 0.6 is 0 Å². The molecule has 0 aromatic heterocycles. The Morgan fingerprint density at radius 1 is 0.950 bits per heavy atom. The molecule has 102 valence electrons. The Balaban J connectivity index is 1.96. The Morgan fingerprint density at radius 3 is 2.05 bits per heavy atom. The molecular weight excluding hydrogens is 257 g/mol. The second-order valence-corrected chi connectivity index (χ2v) is 4.42. The van der Waals surface area contributed by atoms with E-state index in [1.54, 1.807) is 24.3 Å². The van der Waals surface area contributed by atoms with Gasteiger partial charge in [0.15, 0.2) is 11.6 Å². The van der Waals surface area contributed by atoms with Gasteiger partial charge in [-0.3, -0.25) is 9.59 Å². The maximum atomic E-state index is 12.7. The average molecular weight is 271 g/mol. The third kappa shape index (κ3) is 3.51. The molecule has 2 aromatic carbocycles. The lowest BCUT2D eigenvalue weighted by Gasteiger charge is -2.06. The zero-order valence-electron chi connectivity index (χ0n) is 11.0. The van der Waals surface area contributed by atoms with Gasteiger partial charge in [-0.2, -0.15) is 0 Å². The van der Waals surface area contributed by atoms with Gasteiger partial charge < -0.3 is 5.32 Å². The second kappa shape index (κ2) is 6.10. The van der Waals surface area contributed by atoms with Crippen molar-refractivity contribution >= 4 is 17.3 Å². The highest BCUT2D eigenvalue weighted by Gasteiger charge is 2.06. The van der Waals surface area contributed by atoms with Crippen LogP contribution in [0.2, 0.25) is 0 Å². The third-order valence-corrected chi connectivity index (χ3v) is 2.91. The number of hydrogen-bond acceptors (Lipinski definition) is 3. The van der Waals surface area contributed by atoms with Crippen LogP contribution in [0.1, 0.15) is 27.6 Å². The minimum absolute atomic E-state index is 0.000983. The summed E-state index contributed by atoms with van der Waals surface area (Å²) >= 11 is 0. The minimum Gasteiger partial charge on any atom is -0.378 e. The molecule has 0 heterocycles. The molecule has 3 nitrogen and oxygen atoms in total. The van der Waals surface area contributed by atoms with E-state index in [2.05, 4.69) is 5.32 Å². The normalized spacial score (nSPS) is 10.1. The predicted octanol–water partition coefficient (Wildman–Crippen LogP) is 3.32. The van der Waals surface area contributed by atoms with Crippen molar-refractivity contribution in [3.63, 3.8) is 0 Å². The average Bonchev–Trinajstić information content (AvgIpc) is 2.46. The van der Waals surface area contributed by atoms with Crippen LogP contribution in [0.15, 0.2) is 48.5 Å². The van der Waals surface area contributed by atoms with Crippen molar-refractivity contribution < 1.29 is 14.0 Å². The molecular formula is C16H14FNO2. The number of carbonyl (C=O) groups is 2. The largest absolute Gasteiger partial charge is 0.378 e. The van der Waals surface area contributed by atoms with Crippen LogP contribution < -0.4 is 5.32 Å². The fraction of sp³-hybridized carbons (Fsp3) is 0.125. The van der Waals surface area contributed by atoms with Crippen LogP contribution in [0.4, 0.5) is 10.1 Å². The number of ketones is 2. The number of rotatable bonds is 5. The smallest absolute Gasteiger partial charge is 0.181 e. The second-order valence-electron chi connectivity index (χ2n) is 4.42. The summed E-state index contributed by atoms with van der Waals surface area (Å²) in [5.74, 6) is -0.492. The van der Waals surface area contributed by atoms with Gasteiger partial charge in [0.2, 0.25) is 0 Å². The van der Waals surface area contributed by atoms with Gasteiger partial charge in [0.05, 0.1) is 6.54 Å². The van der Waals surface area contributed by atoms with Crippen molar-refractivity contribution in [2.75, 3.05) is 11.9 Å². The van der Waals surface area contributed by atoms with Gasteiger partial charge in [0.1, 0.15) is 5.82 Å². The molecule has 0 saturated carbocycles. The fourth-order valence-corrected chi connectivity index (χ4v) is 1.74. The lowest BCUT2D eigenvalue weighted by atomic mass is 10.1. The lowest BCUT2D eigenvalue weighted by Crippen LogP contribution is -2.14. The molecule has 0 radical (unpaired) electrons. The first kappa shape index (κ1) is 13.9. The van der Waals surface area contributed by atoms with Crippen molar-refractivity contribution in [2.24, 2.45) is 0 Å². The highest BCUT2D eigenvalue weighted by Crippen LogP contribution is 2.10. The number of carbonyl (C=O) groups excluding carboxylic acids is 2.